The lowest BCUT2D eigenvalue weighted by Gasteiger charge is -1.82. The van der Waals surface area contributed by atoms with Gasteiger partial charge in [0.1, 0.15) is 0 Å². The van der Waals surface area contributed by atoms with Gasteiger partial charge in [0.15, 0.2) is 0 Å². The number of aromatic amines is 2. The van der Waals surface area contributed by atoms with E-state index in [1.807, 2.05) is 0 Å². The zero-order valence-electron chi connectivity index (χ0n) is 7.74. The van der Waals surface area contributed by atoms with Crippen LogP contribution in [-0.2, 0) is 0 Å². The number of nitrogens with one attached hydrogen (secondary N) is 2. The third-order valence-corrected chi connectivity index (χ3v) is 2.10. The lowest BCUT2D eigenvalue weighted by atomic mass is 10.5. The summed E-state index contributed by atoms with van der Waals surface area (Å²) in [5, 5.41) is 0. The average Bonchev–Trinajstić information content (AvgIpc) is 2.25. The molecule has 0 saturated heterocycles. The summed E-state index contributed by atoms with van der Waals surface area (Å²) in [5.41, 5.74) is -0.104. The third kappa shape index (κ3) is 5.16. The van der Waals surface area contributed by atoms with E-state index < -0.39 is 0 Å². The predicted molar refractivity (Wildman–Crippen MR) is 66.8 cm³/mol. The fourth-order valence-electron chi connectivity index (χ4n) is 0.768. The molecule has 0 aliphatic carbocycles. The molecule has 4 nitrogen and oxygen atoms in total. The maximum Gasteiger partial charge on any atom is 0.247 e. The van der Waals surface area contributed by atoms with Crippen molar-refractivity contribution in [3.63, 3.8) is 0 Å². The Bertz CT molecular complexity index is 481. The minimum atomic E-state index is -0.0532. The largest absolute Gasteiger partial charge is 0.329 e. The molecule has 0 bridgehead atoms. The Kier molecular flexibility index (Phi) is 4.82. The van der Waals surface area contributed by atoms with Crippen molar-refractivity contribution in [3.8, 4) is 0 Å². The van der Waals surface area contributed by atoms with E-state index in [9.17, 15) is 9.59 Å². The second kappa shape index (κ2) is 6.18. The fraction of sp³-hybridized carbons (Fsp3) is 0. The molecule has 0 aromatic carbocycles. The summed E-state index contributed by atoms with van der Waals surface area (Å²) in [4.78, 5) is 25.6. The lowest BCUT2D eigenvalue weighted by molar-refractivity contribution is 1.22. The molecule has 78 valence electrons. The summed E-state index contributed by atoms with van der Waals surface area (Å²) >= 11 is 2.13. The van der Waals surface area contributed by atoms with E-state index >= 15 is 0 Å². The highest BCUT2D eigenvalue weighted by Gasteiger charge is 1.80. The Morgan fingerprint density at radius 2 is 1.67 bits per heavy atom. The summed E-state index contributed by atoms with van der Waals surface area (Å²) in [6, 6.07) is 8.20. The molecule has 2 aromatic rings. The lowest BCUT2D eigenvalue weighted by Crippen LogP contribution is -2.00. The minimum absolute atomic E-state index is 0.0505. The molecule has 0 atom stereocenters. The van der Waals surface area contributed by atoms with E-state index in [1.54, 1.807) is 30.6 Å². The number of H-pyrrole nitrogens is 2. The predicted octanol–water partition coefficient (Wildman–Crippen LogP) is 1.35. The fourth-order valence-corrected chi connectivity index (χ4v) is 1.10. The molecule has 5 heteroatoms. The molecule has 0 fully saturated rings. The summed E-state index contributed by atoms with van der Waals surface area (Å²) in [7, 11) is 0. The maximum atomic E-state index is 10.4. The van der Waals surface area contributed by atoms with Crippen molar-refractivity contribution in [1.29, 1.82) is 0 Å². The SMILES string of the molecule is O=c1ccc(I)c[nH]1.O=c1cccc[nH]1. The molecule has 0 amide bonds. The topological polar surface area (TPSA) is 65.7 Å². The quantitative estimate of drug-likeness (QED) is 0.721. The van der Waals surface area contributed by atoms with Gasteiger partial charge in [0.05, 0.1) is 0 Å². The molecule has 2 heterocycles. The first-order chi connectivity index (χ1) is 7.18. The first-order valence-corrected chi connectivity index (χ1v) is 5.24. The van der Waals surface area contributed by atoms with Crippen LogP contribution in [-0.4, -0.2) is 9.97 Å². The first-order valence-electron chi connectivity index (χ1n) is 4.16. The van der Waals surface area contributed by atoms with Gasteiger partial charge in [0, 0.05) is 28.1 Å². The normalized spacial score (nSPS) is 8.87. The molecular weight excluding hydrogens is 307 g/mol. The summed E-state index contributed by atoms with van der Waals surface area (Å²) in [5.74, 6) is 0. The monoisotopic (exact) mass is 316 g/mol. The van der Waals surface area contributed by atoms with Gasteiger partial charge in [0.2, 0.25) is 11.1 Å². The average molecular weight is 316 g/mol. The van der Waals surface area contributed by atoms with E-state index in [1.165, 1.54) is 12.1 Å². The van der Waals surface area contributed by atoms with E-state index in [0.717, 1.165) is 3.57 Å². The molecule has 0 aliphatic rings. The smallest absolute Gasteiger partial charge is 0.247 e. The molecule has 15 heavy (non-hydrogen) atoms. The van der Waals surface area contributed by atoms with Crippen LogP contribution < -0.4 is 11.1 Å². The van der Waals surface area contributed by atoms with E-state index in [0.29, 0.717) is 0 Å². The highest BCUT2D eigenvalue weighted by atomic mass is 127. The highest BCUT2D eigenvalue weighted by molar-refractivity contribution is 14.1. The van der Waals surface area contributed by atoms with Gasteiger partial charge < -0.3 is 9.97 Å². The van der Waals surface area contributed by atoms with Crippen LogP contribution in [0.3, 0.4) is 0 Å². The zero-order chi connectivity index (χ0) is 11.1. The maximum absolute atomic E-state index is 10.4. The van der Waals surface area contributed by atoms with Crippen LogP contribution in [0.2, 0.25) is 0 Å². The van der Waals surface area contributed by atoms with Gasteiger partial charge in [-0.1, -0.05) is 6.07 Å². The van der Waals surface area contributed by atoms with Gasteiger partial charge in [0.25, 0.3) is 0 Å². The van der Waals surface area contributed by atoms with Crippen molar-refractivity contribution >= 4 is 22.6 Å². The van der Waals surface area contributed by atoms with E-state index in [2.05, 4.69) is 32.6 Å². The Morgan fingerprint density at radius 3 is 2.00 bits per heavy atom. The molecule has 0 spiro atoms. The number of hydrogen-bond donors (Lipinski definition) is 2. The number of hydrogen-bond acceptors (Lipinski definition) is 2. The Labute approximate surface area is 99.5 Å². The Morgan fingerprint density at radius 1 is 0.933 bits per heavy atom. The number of halogens is 1. The molecule has 0 unspecified atom stereocenters. The zero-order valence-corrected chi connectivity index (χ0v) is 9.89. The molecule has 2 N–H and O–H groups in total. The van der Waals surface area contributed by atoms with Crippen LogP contribution in [0, 0.1) is 3.57 Å². The van der Waals surface area contributed by atoms with Crippen molar-refractivity contribution in [1.82, 2.24) is 9.97 Å². The second-order valence-electron chi connectivity index (χ2n) is 2.60. The van der Waals surface area contributed by atoms with Gasteiger partial charge in [-0.3, -0.25) is 9.59 Å². The third-order valence-electron chi connectivity index (χ3n) is 1.43. The van der Waals surface area contributed by atoms with E-state index in [4.69, 9.17) is 0 Å². The van der Waals surface area contributed by atoms with Gasteiger partial charge in [-0.25, -0.2) is 0 Å². The van der Waals surface area contributed by atoms with Crippen molar-refractivity contribution in [2.45, 2.75) is 0 Å². The summed E-state index contributed by atoms with van der Waals surface area (Å²) < 4.78 is 1.04. The Balaban J connectivity index is 0.000000151. The van der Waals surface area contributed by atoms with Crippen LogP contribution >= 0.6 is 22.6 Å². The van der Waals surface area contributed by atoms with Gasteiger partial charge >= 0.3 is 0 Å². The Hall–Kier alpha value is -1.37. The summed E-state index contributed by atoms with van der Waals surface area (Å²) in [6.45, 7) is 0. The van der Waals surface area contributed by atoms with Crippen molar-refractivity contribution in [3.05, 3.63) is 67.0 Å². The van der Waals surface area contributed by atoms with Crippen LogP contribution in [0.5, 0.6) is 0 Å². The van der Waals surface area contributed by atoms with Crippen LogP contribution in [0.4, 0.5) is 0 Å². The van der Waals surface area contributed by atoms with Gasteiger partial charge in [-0.15, -0.1) is 0 Å². The van der Waals surface area contributed by atoms with Gasteiger partial charge in [-0.05, 0) is 34.7 Å². The summed E-state index contributed by atoms with van der Waals surface area (Å²) in [6.07, 6.45) is 3.27. The molecule has 0 aliphatic heterocycles. The molecule has 2 rings (SSSR count). The minimum Gasteiger partial charge on any atom is -0.329 e. The molecule has 0 saturated carbocycles. The van der Waals surface area contributed by atoms with Gasteiger partial charge in [-0.2, -0.15) is 0 Å². The molecular formula is C10H9IN2O2. The van der Waals surface area contributed by atoms with Crippen molar-refractivity contribution in [2.75, 3.05) is 0 Å². The van der Waals surface area contributed by atoms with Crippen LogP contribution in [0.15, 0.2) is 52.3 Å². The van der Waals surface area contributed by atoms with E-state index in [-0.39, 0.29) is 11.1 Å². The molecule has 2 aromatic heterocycles. The van der Waals surface area contributed by atoms with Crippen LogP contribution in [0.25, 0.3) is 0 Å². The molecule has 0 radical (unpaired) electrons. The first kappa shape index (κ1) is 11.7. The number of rotatable bonds is 0. The highest BCUT2D eigenvalue weighted by Crippen LogP contribution is 1.95. The number of aromatic nitrogens is 2. The second-order valence-corrected chi connectivity index (χ2v) is 3.84. The van der Waals surface area contributed by atoms with Crippen molar-refractivity contribution < 1.29 is 0 Å². The number of pyridine rings is 2. The standard InChI is InChI=1S/C5H4INO.C5H5NO/c6-4-1-2-5(8)7-3-4;7-5-3-1-2-4-6-5/h1-3H,(H,7,8);1-4H,(H,6,7). The van der Waals surface area contributed by atoms with Crippen molar-refractivity contribution in [2.24, 2.45) is 0 Å². The van der Waals surface area contributed by atoms with Crippen LogP contribution in [0.1, 0.15) is 0 Å².